The Hall–Kier alpha value is -1.55. The van der Waals surface area contributed by atoms with Crippen LogP contribution in [-0.2, 0) is 11.3 Å². The summed E-state index contributed by atoms with van der Waals surface area (Å²) in [7, 11) is 0. The predicted molar refractivity (Wildman–Crippen MR) is 72.4 cm³/mol. The van der Waals surface area contributed by atoms with Gasteiger partial charge in [-0.3, -0.25) is 4.79 Å². The average molecular weight is 250 g/mol. The maximum absolute atomic E-state index is 10.6. The van der Waals surface area contributed by atoms with Gasteiger partial charge in [0.15, 0.2) is 0 Å². The lowest BCUT2D eigenvalue weighted by molar-refractivity contribution is -0.117. The molecule has 0 spiro atoms. The van der Waals surface area contributed by atoms with Crippen LogP contribution in [0.15, 0.2) is 24.3 Å². The predicted octanol–water partition coefficient (Wildman–Crippen LogP) is 1.83. The van der Waals surface area contributed by atoms with Gasteiger partial charge in [-0.15, -0.1) is 0 Å². The number of rotatable bonds is 9. The summed E-state index contributed by atoms with van der Waals surface area (Å²) in [6.45, 7) is 3.79. The van der Waals surface area contributed by atoms with Crippen LogP contribution >= 0.6 is 0 Å². The first-order valence-electron chi connectivity index (χ1n) is 6.43. The van der Waals surface area contributed by atoms with Gasteiger partial charge in [-0.25, -0.2) is 0 Å². The highest BCUT2D eigenvalue weighted by Gasteiger charge is 1.97. The fraction of sp³-hybridized carbons (Fsp3) is 0.500. The van der Waals surface area contributed by atoms with E-state index >= 15 is 0 Å². The van der Waals surface area contributed by atoms with E-state index in [0.29, 0.717) is 6.54 Å². The third kappa shape index (κ3) is 6.25. The molecule has 0 fully saturated rings. The van der Waals surface area contributed by atoms with Crippen molar-refractivity contribution in [2.75, 3.05) is 13.2 Å². The van der Waals surface area contributed by atoms with Gasteiger partial charge < -0.3 is 15.8 Å². The van der Waals surface area contributed by atoms with Gasteiger partial charge in [-0.2, -0.15) is 0 Å². The molecule has 0 atom stereocenters. The van der Waals surface area contributed by atoms with Gasteiger partial charge in [-0.05, 0) is 24.1 Å². The highest BCUT2D eigenvalue weighted by molar-refractivity contribution is 5.75. The zero-order valence-corrected chi connectivity index (χ0v) is 10.9. The van der Waals surface area contributed by atoms with Crippen molar-refractivity contribution in [3.8, 4) is 5.75 Å². The number of carbonyl (C=O) groups is 1. The molecule has 0 saturated carbocycles. The molecular formula is C14H22N2O2. The van der Waals surface area contributed by atoms with Crippen LogP contribution in [0.5, 0.6) is 5.75 Å². The molecule has 18 heavy (non-hydrogen) atoms. The molecule has 1 aromatic rings. The van der Waals surface area contributed by atoms with Crippen molar-refractivity contribution in [1.82, 2.24) is 5.32 Å². The Kier molecular flexibility index (Phi) is 6.87. The van der Waals surface area contributed by atoms with E-state index in [2.05, 4.69) is 12.2 Å². The number of nitrogens with one attached hydrogen (secondary N) is 1. The van der Waals surface area contributed by atoms with Crippen molar-refractivity contribution >= 4 is 5.91 Å². The molecule has 1 aromatic carbocycles. The van der Waals surface area contributed by atoms with E-state index in [1.165, 1.54) is 12.8 Å². The molecule has 0 aliphatic heterocycles. The molecule has 3 N–H and O–H groups in total. The van der Waals surface area contributed by atoms with E-state index < -0.39 is 0 Å². The van der Waals surface area contributed by atoms with Crippen LogP contribution < -0.4 is 15.8 Å². The van der Waals surface area contributed by atoms with Crippen molar-refractivity contribution in [2.24, 2.45) is 5.73 Å². The fourth-order valence-electron chi connectivity index (χ4n) is 1.58. The third-order valence-corrected chi connectivity index (χ3v) is 2.57. The molecule has 0 unspecified atom stereocenters. The molecule has 0 aliphatic rings. The Morgan fingerprint density at radius 2 is 2.00 bits per heavy atom. The summed E-state index contributed by atoms with van der Waals surface area (Å²) in [6, 6.07) is 7.88. The third-order valence-electron chi connectivity index (χ3n) is 2.57. The standard InChI is InChI=1S/C14H22N2O2/c1-2-3-4-9-18-13-7-5-12(6-8-13)10-16-11-14(15)17/h5-8,16H,2-4,9-11H2,1H3,(H2,15,17). The minimum atomic E-state index is -0.342. The zero-order valence-electron chi connectivity index (χ0n) is 10.9. The van der Waals surface area contributed by atoms with Crippen molar-refractivity contribution in [2.45, 2.75) is 32.7 Å². The molecule has 1 amide bonds. The summed E-state index contributed by atoms with van der Waals surface area (Å²) in [5, 5.41) is 2.97. The molecule has 0 radical (unpaired) electrons. The molecule has 0 aromatic heterocycles. The van der Waals surface area contributed by atoms with Gasteiger partial charge in [0.2, 0.25) is 5.91 Å². The first-order chi connectivity index (χ1) is 8.72. The Labute approximate surface area is 109 Å². The number of hydrogen-bond acceptors (Lipinski definition) is 3. The number of primary amides is 1. The molecule has 0 bridgehead atoms. The summed E-state index contributed by atoms with van der Waals surface area (Å²) in [5.74, 6) is 0.552. The van der Waals surface area contributed by atoms with Crippen LogP contribution in [0.25, 0.3) is 0 Å². The van der Waals surface area contributed by atoms with E-state index in [0.717, 1.165) is 24.3 Å². The van der Waals surface area contributed by atoms with E-state index in [-0.39, 0.29) is 12.5 Å². The van der Waals surface area contributed by atoms with Crippen molar-refractivity contribution < 1.29 is 9.53 Å². The summed E-state index contributed by atoms with van der Waals surface area (Å²) in [5.41, 5.74) is 6.15. The van der Waals surface area contributed by atoms with E-state index in [1.54, 1.807) is 0 Å². The minimum absolute atomic E-state index is 0.204. The van der Waals surface area contributed by atoms with Gasteiger partial charge in [0.05, 0.1) is 13.2 Å². The normalized spacial score (nSPS) is 10.3. The van der Waals surface area contributed by atoms with Crippen LogP contribution in [0.2, 0.25) is 0 Å². The molecule has 100 valence electrons. The van der Waals surface area contributed by atoms with Crippen molar-refractivity contribution in [3.63, 3.8) is 0 Å². The maximum Gasteiger partial charge on any atom is 0.231 e. The highest BCUT2D eigenvalue weighted by Crippen LogP contribution is 2.12. The minimum Gasteiger partial charge on any atom is -0.494 e. The molecule has 1 rings (SSSR count). The Bertz CT molecular complexity index is 349. The molecule has 0 saturated heterocycles. The molecule has 4 nitrogen and oxygen atoms in total. The van der Waals surface area contributed by atoms with Crippen LogP contribution in [-0.4, -0.2) is 19.1 Å². The highest BCUT2D eigenvalue weighted by atomic mass is 16.5. The molecule has 4 heteroatoms. The summed E-state index contributed by atoms with van der Waals surface area (Å²) in [4.78, 5) is 10.6. The lowest BCUT2D eigenvalue weighted by atomic mass is 10.2. The summed E-state index contributed by atoms with van der Waals surface area (Å²) in [6.07, 6.45) is 3.50. The number of unbranched alkanes of at least 4 members (excludes halogenated alkanes) is 2. The number of carbonyl (C=O) groups excluding carboxylic acids is 1. The van der Waals surface area contributed by atoms with Crippen LogP contribution in [0.3, 0.4) is 0 Å². The van der Waals surface area contributed by atoms with Crippen molar-refractivity contribution in [3.05, 3.63) is 29.8 Å². The van der Waals surface area contributed by atoms with Gasteiger partial charge in [0.1, 0.15) is 5.75 Å². The Morgan fingerprint density at radius 1 is 1.28 bits per heavy atom. The van der Waals surface area contributed by atoms with Gasteiger partial charge in [0.25, 0.3) is 0 Å². The summed E-state index contributed by atoms with van der Waals surface area (Å²) < 4.78 is 5.61. The van der Waals surface area contributed by atoms with Gasteiger partial charge in [-0.1, -0.05) is 31.9 Å². The quantitative estimate of drug-likeness (QED) is 0.657. The number of benzene rings is 1. The van der Waals surface area contributed by atoms with Crippen molar-refractivity contribution in [1.29, 1.82) is 0 Å². The van der Waals surface area contributed by atoms with Crippen LogP contribution in [0.1, 0.15) is 31.7 Å². The fourth-order valence-corrected chi connectivity index (χ4v) is 1.58. The first kappa shape index (κ1) is 14.5. The number of nitrogens with two attached hydrogens (primary N) is 1. The van der Waals surface area contributed by atoms with Crippen LogP contribution in [0.4, 0.5) is 0 Å². The molecule has 0 aliphatic carbocycles. The maximum atomic E-state index is 10.6. The number of ether oxygens (including phenoxy) is 1. The lowest BCUT2D eigenvalue weighted by Crippen LogP contribution is -2.28. The Balaban J connectivity index is 2.26. The monoisotopic (exact) mass is 250 g/mol. The largest absolute Gasteiger partial charge is 0.494 e. The summed E-state index contributed by atoms with van der Waals surface area (Å²) >= 11 is 0. The SMILES string of the molecule is CCCCCOc1ccc(CNCC(N)=O)cc1. The second-order valence-corrected chi connectivity index (χ2v) is 4.27. The van der Waals surface area contributed by atoms with Crippen LogP contribution in [0, 0.1) is 0 Å². The topological polar surface area (TPSA) is 64.3 Å². The van der Waals surface area contributed by atoms with Gasteiger partial charge in [0, 0.05) is 6.54 Å². The second kappa shape index (κ2) is 8.53. The average Bonchev–Trinajstić information content (AvgIpc) is 2.36. The van der Waals surface area contributed by atoms with E-state index in [4.69, 9.17) is 10.5 Å². The first-order valence-corrected chi connectivity index (χ1v) is 6.43. The second-order valence-electron chi connectivity index (χ2n) is 4.27. The molecule has 0 heterocycles. The van der Waals surface area contributed by atoms with E-state index in [1.807, 2.05) is 24.3 Å². The van der Waals surface area contributed by atoms with Gasteiger partial charge >= 0.3 is 0 Å². The number of hydrogen-bond donors (Lipinski definition) is 2. The Morgan fingerprint density at radius 3 is 2.61 bits per heavy atom. The zero-order chi connectivity index (χ0) is 13.2. The molecular weight excluding hydrogens is 228 g/mol. The smallest absolute Gasteiger partial charge is 0.231 e. The lowest BCUT2D eigenvalue weighted by Gasteiger charge is -2.07. The van der Waals surface area contributed by atoms with E-state index in [9.17, 15) is 4.79 Å². The number of amides is 1.